The Hall–Kier alpha value is -3.11. The van der Waals surface area contributed by atoms with Gasteiger partial charge in [-0.15, -0.1) is 0 Å². The van der Waals surface area contributed by atoms with Crippen molar-refractivity contribution in [1.82, 2.24) is 0 Å². The minimum absolute atomic E-state index is 0.364. The second-order valence-corrected chi connectivity index (χ2v) is 6.81. The summed E-state index contributed by atoms with van der Waals surface area (Å²) in [6.45, 7) is 1.48. The molecular weight excluding hydrogens is 374 g/mol. The fourth-order valence-electron chi connectivity index (χ4n) is 2.93. The Morgan fingerprint density at radius 3 is 2.04 bits per heavy atom. The van der Waals surface area contributed by atoms with Crippen LogP contribution in [0.25, 0.3) is 0 Å². The van der Waals surface area contributed by atoms with E-state index in [-0.39, 0.29) is 6.61 Å². The molecule has 0 radical (unpaired) electrons. The van der Waals surface area contributed by atoms with Crippen LogP contribution in [0.4, 0.5) is 5.69 Å². The number of ether oxygens (including phenoxy) is 1. The van der Waals surface area contributed by atoms with E-state index in [2.05, 4.69) is 5.32 Å². The van der Waals surface area contributed by atoms with E-state index in [1.165, 1.54) is 0 Å². The average molecular weight is 394 g/mol. The second kappa shape index (κ2) is 9.20. The third kappa shape index (κ3) is 4.99. The first-order valence-corrected chi connectivity index (χ1v) is 9.25. The topological polar surface area (TPSA) is 55.4 Å². The molecular formula is C23H20ClNO3. The summed E-state index contributed by atoms with van der Waals surface area (Å²) in [6.07, 6.45) is 0. The van der Waals surface area contributed by atoms with Gasteiger partial charge < -0.3 is 10.1 Å². The molecule has 0 aliphatic heterocycles. The van der Waals surface area contributed by atoms with Gasteiger partial charge in [-0.1, -0.05) is 72.3 Å². The number of benzene rings is 3. The van der Waals surface area contributed by atoms with Gasteiger partial charge in [-0.3, -0.25) is 9.59 Å². The zero-order chi connectivity index (χ0) is 19.9. The number of carbonyl (C=O) groups is 2. The molecule has 142 valence electrons. The van der Waals surface area contributed by atoms with Gasteiger partial charge in [0, 0.05) is 10.7 Å². The molecule has 0 aliphatic carbocycles. The van der Waals surface area contributed by atoms with E-state index in [0.29, 0.717) is 10.7 Å². The largest absolute Gasteiger partial charge is 0.455 e. The summed E-state index contributed by atoms with van der Waals surface area (Å²) < 4.78 is 5.33. The molecule has 3 aromatic rings. The standard InChI is InChI=1S/C23H20ClNO3/c1-16-14-19(24)12-13-20(16)25-21(26)15-28-23(27)22(17-8-4-2-5-9-17)18-10-6-3-7-11-18/h2-14,22H,15H2,1H3,(H,25,26). The second-order valence-electron chi connectivity index (χ2n) is 6.37. The van der Waals surface area contributed by atoms with Crippen molar-refractivity contribution in [2.75, 3.05) is 11.9 Å². The fourth-order valence-corrected chi connectivity index (χ4v) is 3.16. The Morgan fingerprint density at radius 2 is 1.50 bits per heavy atom. The maximum absolute atomic E-state index is 12.8. The van der Waals surface area contributed by atoms with Crippen LogP contribution in [-0.2, 0) is 14.3 Å². The zero-order valence-corrected chi connectivity index (χ0v) is 16.1. The third-order valence-corrected chi connectivity index (χ3v) is 4.54. The molecule has 0 spiro atoms. The number of anilines is 1. The van der Waals surface area contributed by atoms with E-state index >= 15 is 0 Å². The molecule has 0 bridgehead atoms. The molecule has 0 aliphatic rings. The number of esters is 1. The number of amides is 1. The Morgan fingerprint density at radius 1 is 0.929 bits per heavy atom. The van der Waals surface area contributed by atoms with E-state index in [0.717, 1.165) is 16.7 Å². The Kier molecular flexibility index (Phi) is 6.45. The summed E-state index contributed by atoms with van der Waals surface area (Å²) in [5, 5.41) is 3.33. The van der Waals surface area contributed by atoms with Crippen molar-refractivity contribution in [3.8, 4) is 0 Å². The molecule has 0 heterocycles. The molecule has 4 nitrogen and oxygen atoms in total. The molecule has 0 fully saturated rings. The summed E-state index contributed by atoms with van der Waals surface area (Å²) in [6, 6.07) is 23.9. The van der Waals surface area contributed by atoms with Gasteiger partial charge in [-0.05, 0) is 41.8 Å². The van der Waals surface area contributed by atoms with E-state index < -0.39 is 17.8 Å². The molecule has 0 saturated heterocycles. The van der Waals surface area contributed by atoms with E-state index in [1.54, 1.807) is 18.2 Å². The molecule has 1 N–H and O–H groups in total. The van der Waals surface area contributed by atoms with E-state index in [1.807, 2.05) is 67.6 Å². The highest BCUT2D eigenvalue weighted by Gasteiger charge is 2.24. The number of hydrogen-bond acceptors (Lipinski definition) is 3. The van der Waals surface area contributed by atoms with Crippen molar-refractivity contribution in [2.45, 2.75) is 12.8 Å². The van der Waals surface area contributed by atoms with Gasteiger partial charge in [0.05, 0.1) is 0 Å². The van der Waals surface area contributed by atoms with Crippen molar-refractivity contribution in [1.29, 1.82) is 0 Å². The molecule has 1 amide bonds. The van der Waals surface area contributed by atoms with Crippen LogP contribution in [0, 0.1) is 6.92 Å². The first kappa shape index (κ1) is 19.6. The number of aryl methyl sites for hydroxylation is 1. The van der Waals surface area contributed by atoms with Crippen LogP contribution < -0.4 is 5.32 Å². The summed E-state index contributed by atoms with van der Waals surface area (Å²) in [5.74, 6) is -1.47. The Labute approximate surface area is 169 Å². The van der Waals surface area contributed by atoms with Crippen molar-refractivity contribution < 1.29 is 14.3 Å². The molecule has 0 atom stereocenters. The van der Waals surface area contributed by atoms with Gasteiger partial charge >= 0.3 is 5.97 Å². The highest BCUT2D eigenvalue weighted by atomic mass is 35.5. The van der Waals surface area contributed by atoms with Gasteiger partial charge in [0.15, 0.2) is 6.61 Å². The lowest BCUT2D eigenvalue weighted by Crippen LogP contribution is -2.24. The molecule has 0 saturated carbocycles. The summed E-state index contributed by atoms with van der Waals surface area (Å²) in [7, 11) is 0. The van der Waals surface area contributed by atoms with Crippen molar-refractivity contribution in [3.63, 3.8) is 0 Å². The first-order valence-electron chi connectivity index (χ1n) is 8.87. The summed E-state index contributed by atoms with van der Waals surface area (Å²) in [5.41, 5.74) is 3.09. The highest BCUT2D eigenvalue weighted by molar-refractivity contribution is 6.30. The van der Waals surface area contributed by atoms with Gasteiger partial charge in [-0.2, -0.15) is 0 Å². The third-order valence-electron chi connectivity index (χ3n) is 4.31. The SMILES string of the molecule is Cc1cc(Cl)ccc1NC(=O)COC(=O)C(c1ccccc1)c1ccccc1. The van der Waals surface area contributed by atoms with Crippen LogP contribution in [-0.4, -0.2) is 18.5 Å². The van der Waals surface area contributed by atoms with E-state index in [4.69, 9.17) is 16.3 Å². The van der Waals surface area contributed by atoms with Crippen molar-refractivity contribution in [2.24, 2.45) is 0 Å². The summed E-state index contributed by atoms with van der Waals surface area (Å²) >= 11 is 5.93. The van der Waals surface area contributed by atoms with Gasteiger partial charge in [0.25, 0.3) is 5.91 Å². The van der Waals surface area contributed by atoms with Crippen LogP contribution in [0.3, 0.4) is 0 Å². The lowest BCUT2D eigenvalue weighted by atomic mass is 9.91. The molecule has 5 heteroatoms. The molecule has 0 unspecified atom stereocenters. The van der Waals surface area contributed by atoms with Crippen LogP contribution in [0.5, 0.6) is 0 Å². The Bertz CT molecular complexity index is 919. The molecule has 28 heavy (non-hydrogen) atoms. The van der Waals surface area contributed by atoms with Crippen molar-refractivity contribution >= 4 is 29.2 Å². The van der Waals surface area contributed by atoms with Crippen LogP contribution in [0.15, 0.2) is 78.9 Å². The quantitative estimate of drug-likeness (QED) is 0.602. The smallest absolute Gasteiger partial charge is 0.318 e. The monoisotopic (exact) mass is 393 g/mol. The van der Waals surface area contributed by atoms with Crippen LogP contribution in [0.1, 0.15) is 22.6 Å². The van der Waals surface area contributed by atoms with Crippen molar-refractivity contribution in [3.05, 3.63) is 101 Å². The number of hydrogen-bond donors (Lipinski definition) is 1. The first-order chi connectivity index (χ1) is 13.5. The maximum Gasteiger partial charge on any atom is 0.318 e. The molecule has 3 aromatic carbocycles. The van der Waals surface area contributed by atoms with Gasteiger partial charge in [0.2, 0.25) is 0 Å². The number of carbonyl (C=O) groups excluding carboxylic acids is 2. The summed E-state index contributed by atoms with van der Waals surface area (Å²) in [4.78, 5) is 25.0. The zero-order valence-electron chi connectivity index (χ0n) is 15.4. The molecule has 3 rings (SSSR count). The number of nitrogens with one attached hydrogen (secondary N) is 1. The lowest BCUT2D eigenvalue weighted by Gasteiger charge is -2.17. The minimum atomic E-state index is -0.590. The van der Waals surface area contributed by atoms with E-state index in [9.17, 15) is 9.59 Å². The average Bonchev–Trinajstić information content (AvgIpc) is 2.70. The van der Waals surface area contributed by atoms with Gasteiger partial charge in [-0.25, -0.2) is 0 Å². The predicted octanol–water partition coefficient (Wildman–Crippen LogP) is 4.96. The maximum atomic E-state index is 12.8. The number of halogens is 1. The van der Waals surface area contributed by atoms with Crippen LogP contribution >= 0.6 is 11.6 Å². The number of rotatable bonds is 6. The minimum Gasteiger partial charge on any atom is -0.455 e. The molecule has 0 aromatic heterocycles. The highest BCUT2D eigenvalue weighted by Crippen LogP contribution is 2.26. The predicted molar refractivity (Wildman–Crippen MR) is 111 cm³/mol. The van der Waals surface area contributed by atoms with Gasteiger partial charge in [0.1, 0.15) is 5.92 Å². The lowest BCUT2D eigenvalue weighted by molar-refractivity contribution is -0.147. The van der Waals surface area contributed by atoms with Crippen LogP contribution in [0.2, 0.25) is 5.02 Å². The fraction of sp³-hybridized carbons (Fsp3) is 0.130. The Balaban J connectivity index is 1.69. The normalized spacial score (nSPS) is 10.5.